The van der Waals surface area contributed by atoms with Gasteiger partial charge in [-0.25, -0.2) is 4.79 Å². The predicted molar refractivity (Wildman–Crippen MR) is 117 cm³/mol. The second kappa shape index (κ2) is 9.49. The van der Waals surface area contributed by atoms with E-state index in [0.717, 1.165) is 11.1 Å². The van der Waals surface area contributed by atoms with Gasteiger partial charge in [-0.15, -0.1) is 0 Å². The average Bonchev–Trinajstić information content (AvgIpc) is 2.76. The highest BCUT2D eigenvalue weighted by molar-refractivity contribution is 7.80. The van der Waals surface area contributed by atoms with E-state index in [1.54, 1.807) is 19.1 Å². The van der Waals surface area contributed by atoms with Gasteiger partial charge >= 0.3 is 5.97 Å². The number of allylic oxidation sites excluding steroid dienone is 1. The van der Waals surface area contributed by atoms with E-state index >= 15 is 0 Å². The van der Waals surface area contributed by atoms with Crippen molar-refractivity contribution in [2.45, 2.75) is 19.6 Å². The molecule has 0 aliphatic carbocycles. The number of esters is 1. The van der Waals surface area contributed by atoms with Gasteiger partial charge in [-0.3, -0.25) is 0 Å². The lowest BCUT2D eigenvalue weighted by atomic mass is 9.95. The minimum atomic E-state index is -0.546. The number of methoxy groups -OCH3 is 3. The molecule has 0 saturated carbocycles. The molecule has 2 aromatic rings. The lowest BCUT2D eigenvalue weighted by Gasteiger charge is -2.30. The third kappa shape index (κ3) is 4.49. The highest BCUT2D eigenvalue weighted by Gasteiger charge is 2.32. The summed E-state index contributed by atoms with van der Waals surface area (Å²) in [5, 5.41) is 6.55. The van der Waals surface area contributed by atoms with Crippen molar-refractivity contribution in [1.82, 2.24) is 10.6 Å². The lowest BCUT2D eigenvalue weighted by molar-refractivity contribution is -0.140. The van der Waals surface area contributed by atoms with Crippen LogP contribution in [0.4, 0.5) is 0 Å². The maximum atomic E-state index is 13.0. The van der Waals surface area contributed by atoms with Crippen LogP contribution in [0.5, 0.6) is 17.2 Å². The van der Waals surface area contributed by atoms with Crippen molar-refractivity contribution < 1.29 is 23.7 Å². The summed E-state index contributed by atoms with van der Waals surface area (Å²) in [4.78, 5) is 13.0. The Morgan fingerprint density at radius 3 is 2.23 bits per heavy atom. The zero-order chi connectivity index (χ0) is 21.7. The average molecular weight is 429 g/mol. The van der Waals surface area contributed by atoms with Gasteiger partial charge in [-0.05, 0) is 42.4 Å². The molecule has 1 aliphatic heterocycles. The Bertz CT molecular complexity index is 950. The van der Waals surface area contributed by atoms with Gasteiger partial charge in [0.25, 0.3) is 0 Å². The minimum absolute atomic E-state index is 0.170. The van der Waals surface area contributed by atoms with E-state index < -0.39 is 12.0 Å². The molecule has 0 aromatic heterocycles. The van der Waals surface area contributed by atoms with Crippen LogP contribution in [0.15, 0.2) is 53.7 Å². The fourth-order valence-electron chi connectivity index (χ4n) is 3.28. The number of rotatable bonds is 7. The van der Waals surface area contributed by atoms with Crippen LogP contribution < -0.4 is 24.8 Å². The number of carbonyl (C=O) groups excluding carboxylic acids is 1. The molecule has 7 nitrogen and oxygen atoms in total. The largest absolute Gasteiger partial charge is 0.493 e. The summed E-state index contributed by atoms with van der Waals surface area (Å²) >= 11 is 5.32. The molecular weight excluding hydrogens is 404 g/mol. The smallest absolute Gasteiger partial charge is 0.338 e. The fraction of sp³-hybridized carbons (Fsp3) is 0.273. The molecule has 1 atom stereocenters. The van der Waals surface area contributed by atoms with E-state index in [-0.39, 0.29) is 6.61 Å². The predicted octanol–water partition coefficient (Wildman–Crippen LogP) is 3.25. The Morgan fingerprint density at radius 2 is 1.67 bits per heavy atom. The number of thiocarbonyl (C=S) groups is 1. The second-order valence-corrected chi connectivity index (χ2v) is 7.00. The molecule has 0 saturated heterocycles. The molecule has 0 radical (unpaired) electrons. The normalized spacial score (nSPS) is 15.7. The molecule has 0 unspecified atom stereocenters. The summed E-state index contributed by atoms with van der Waals surface area (Å²) in [6, 6.07) is 12.5. The van der Waals surface area contributed by atoms with Crippen LogP contribution in [0, 0.1) is 0 Å². The van der Waals surface area contributed by atoms with Gasteiger partial charge in [0.2, 0.25) is 5.75 Å². The van der Waals surface area contributed by atoms with Crippen LogP contribution in [0.3, 0.4) is 0 Å². The van der Waals surface area contributed by atoms with Crippen molar-refractivity contribution in [3.8, 4) is 17.2 Å². The van der Waals surface area contributed by atoms with Crippen molar-refractivity contribution >= 4 is 23.3 Å². The van der Waals surface area contributed by atoms with Gasteiger partial charge in [0, 0.05) is 5.70 Å². The SMILES string of the molecule is COc1cc([C@@H]2NC(=S)NC(C)=C2C(=O)OCc2ccccc2)cc(OC)c1OC. The van der Waals surface area contributed by atoms with E-state index in [2.05, 4.69) is 10.6 Å². The van der Waals surface area contributed by atoms with Gasteiger partial charge in [0.1, 0.15) is 6.61 Å². The number of benzene rings is 2. The van der Waals surface area contributed by atoms with E-state index in [0.29, 0.717) is 33.6 Å². The Labute approximate surface area is 181 Å². The standard InChI is InChI=1S/C22H24N2O5S/c1-13-18(21(25)29-12-14-8-6-5-7-9-14)19(24-22(30)23-13)15-10-16(26-2)20(28-4)17(11-15)27-3/h5-11,19H,12H2,1-4H3,(H2,23,24,30)/t19-/m0/s1. The highest BCUT2D eigenvalue weighted by atomic mass is 32.1. The fourth-order valence-corrected chi connectivity index (χ4v) is 3.55. The first-order valence-electron chi connectivity index (χ1n) is 9.27. The van der Waals surface area contributed by atoms with Crippen LogP contribution in [-0.2, 0) is 16.1 Å². The van der Waals surface area contributed by atoms with Crippen molar-refractivity contribution in [2.75, 3.05) is 21.3 Å². The number of ether oxygens (including phenoxy) is 4. The summed E-state index contributed by atoms with van der Waals surface area (Å²) in [6.07, 6.45) is 0. The van der Waals surface area contributed by atoms with Crippen LogP contribution in [-0.4, -0.2) is 32.4 Å². The molecule has 1 aliphatic rings. The van der Waals surface area contributed by atoms with Gasteiger partial charge in [-0.1, -0.05) is 30.3 Å². The van der Waals surface area contributed by atoms with Crippen LogP contribution >= 0.6 is 12.2 Å². The number of carbonyl (C=O) groups is 1. The highest BCUT2D eigenvalue weighted by Crippen LogP contribution is 2.41. The third-order valence-corrected chi connectivity index (χ3v) is 4.94. The van der Waals surface area contributed by atoms with Crippen molar-refractivity contribution in [2.24, 2.45) is 0 Å². The van der Waals surface area contributed by atoms with E-state index in [9.17, 15) is 4.79 Å². The van der Waals surface area contributed by atoms with Crippen LogP contribution in [0.1, 0.15) is 24.1 Å². The first-order chi connectivity index (χ1) is 14.5. The summed E-state index contributed by atoms with van der Waals surface area (Å²) in [5.41, 5.74) is 2.67. The molecule has 0 spiro atoms. The molecule has 1 heterocycles. The molecule has 0 bridgehead atoms. The maximum Gasteiger partial charge on any atom is 0.338 e. The van der Waals surface area contributed by atoms with Crippen LogP contribution in [0.2, 0.25) is 0 Å². The zero-order valence-corrected chi connectivity index (χ0v) is 18.1. The number of hydrogen-bond donors (Lipinski definition) is 2. The first-order valence-corrected chi connectivity index (χ1v) is 9.68. The van der Waals surface area contributed by atoms with Gasteiger partial charge in [0.05, 0.1) is 32.9 Å². The summed E-state index contributed by atoms with van der Waals surface area (Å²) in [7, 11) is 4.61. The Kier molecular flexibility index (Phi) is 6.79. The molecule has 158 valence electrons. The van der Waals surface area contributed by atoms with Crippen molar-refractivity contribution in [3.63, 3.8) is 0 Å². The molecule has 8 heteroatoms. The van der Waals surface area contributed by atoms with Gasteiger partial charge in [0.15, 0.2) is 16.6 Å². The molecule has 3 rings (SSSR count). The van der Waals surface area contributed by atoms with E-state index in [1.807, 2.05) is 30.3 Å². The van der Waals surface area contributed by atoms with Crippen molar-refractivity contribution in [3.05, 3.63) is 64.9 Å². The number of hydrogen-bond acceptors (Lipinski definition) is 6. The summed E-state index contributed by atoms with van der Waals surface area (Å²) < 4.78 is 21.9. The van der Waals surface area contributed by atoms with Crippen LogP contribution in [0.25, 0.3) is 0 Å². The second-order valence-electron chi connectivity index (χ2n) is 6.59. The lowest BCUT2D eigenvalue weighted by Crippen LogP contribution is -2.45. The maximum absolute atomic E-state index is 13.0. The minimum Gasteiger partial charge on any atom is -0.493 e. The summed E-state index contributed by atoms with van der Waals surface area (Å²) in [5.74, 6) is 0.979. The molecule has 0 amide bonds. The Hall–Kier alpha value is -3.26. The molecule has 30 heavy (non-hydrogen) atoms. The molecular formula is C22H24N2O5S. The van der Waals surface area contributed by atoms with Gasteiger partial charge in [-0.2, -0.15) is 0 Å². The van der Waals surface area contributed by atoms with E-state index in [1.165, 1.54) is 21.3 Å². The van der Waals surface area contributed by atoms with Gasteiger partial charge < -0.3 is 29.6 Å². The summed E-state index contributed by atoms with van der Waals surface area (Å²) in [6.45, 7) is 1.96. The van der Waals surface area contributed by atoms with Crippen molar-refractivity contribution in [1.29, 1.82) is 0 Å². The third-order valence-electron chi connectivity index (χ3n) is 4.72. The topological polar surface area (TPSA) is 78.1 Å². The molecule has 2 N–H and O–H groups in total. The van der Waals surface area contributed by atoms with E-state index in [4.69, 9.17) is 31.2 Å². The zero-order valence-electron chi connectivity index (χ0n) is 17.3. The Balaban J connectivity index is 1.96. The Morgan fingerprint density at radius 1 is 1.03 bits per heavy atom. The quantitative estimate of drug-likeness (QED) is 0.514. The number of nitrogens with one attached hydrogen (secondary N) is 2. The first kappa shape index (κ1) is 21.4. The molecule has 0 fully saturated rings. The molecule has 2 aromatic carbocycles. The monoisotopic (exact) mass is 428 g/mol.